The summed E-state index contributed by atoms with van der Waals surface area (Å²) in [5.74, 6) is -3.21. The fourth-order valence-corrected chi connectivity index (χ4v) is 5.11. The third-order valence-corrected chi connectivity index (χ3v) is 6.99. The van der Waals surface area contributed by atoms with Crippen LogP contribution in [0.25, 0.3) is 16.7 Å². The van der Waals surface area contributed by atoms with Crippen molar-refractivity contribution in [1.29, 1.82) is 0 Å². The number of halogens is 6. The van der Waals surface area contributed by atoms with Gasteiger partial charge in [-0.2, -0.15) is 13.2 Å². The number of pyridine rings is 2. The highest BCUT2D eigenvalue weighted by Gasteiger charge is 2.50. The molecule has 5 rings (SSSR count). The molecule has 1 saturated heterocycles. The Kier molecular flexibility index (Phi) is 6.60. The molecule has 3 heterocycles. The highest BCUT2D eigenvalue weighted by Crippen LogP contribution is 2.40. The number of anilines is 1. The summed E-state index contributed by atoms with van der Waals surface area (Å²) in [6.07, 6.45) is -4.29. The van der Waals surface area contributed by atoms with Crippen LogP contribution in [0.3, 0.4) is 0 Å². The first kappa shape index (κ1) is 26.4. The Balaban J connectivity index is 1.70. The van der Waals surface area contributed by atoms with Crippen molar-refractivity contribution < 1.29 is 32.3 Å². The van der Waals surface area contributed by atoms with Crippen molar-refractivity contribution in [3.8, 4) is 5.69 Å². The van der Waals surface area contributed by atoms with Crippen molar-refractivity contribution in [2.45, 2.75) is 37.6 Å². The number of nitrogens with zero attached hydrogens (tertiary/aromatic N) is 3. The summed E-state index contributed by atoms with van der Waals surface area (Å²) in [7, 11) is 0. The van der Waals surface area contributed by atoms with Gasteiger partial charge in [0.1, 0.15) is 23.2 Å². The molecular weight excluding hydrogens is 555 g/mol. The van der Waals surface area contributed by atoms with Crippen LogP contribution in [0.2, 0.25) is 10.0 Å². The van der Waals surface area contributed by atoms with Gasteiger partial charge in [0.15, 0.2) is 5.65 Å². The number of nitrogens with one attached hydrogen (secondary N) is 1. The van der Waals surface area contributed by atoms with E-state index in [0.717, 1.165) is 22.9 Å². The summed E-state index contributed by atoms with van der Waals surface area (Å²) in [5.41, 5.74) is -1.82. The predicted octanol–water partition coefficient (Wildman–Crippen LogP) is 4.00. The van der Waals surface area contributed by atoms with E-state index in [4.69, 9.17) is 23.2 Å². The average Bonchev–Trinajstić information content (AvgIpc) is 3.59. The van der Waals surface area contributed by atoms with Gasteiger partial charge in [0.05, 0.1) is 40.2 Å². The van der Waals surface area contributed by atoms with Crippen LogP contribution in [0.4, 0.5) is 23.4 Å². The number of carbonyl (C=O) groups is 2. The Hall–Kier alpha value is -3.22. The zero-order chi connectivity index (χ0) is 27.5. The molecule has 1 aliphatic carbocycles. The van der Waals surface area contributed by atoms with Gasteiger partial charge in [-0.3, -0.25) is 23.9 Å². The van der Waals surface area contributed by atoms with Crippen LogP contribution in [0.5, 0.6) is 0 Å². The molecule has 0 bridgehead atoms. The summed E-state index contributed by atoms with van der Waals surface area (Å²) in [5, 5.41) is 11.1. The number of amides is 2. The van der Waals surface area contributed by atoms with E-state index in [2.05, 4.69) is 4.98 Å². The molecule has 1 saturated carbocycles. The summed E-state index contributed by atoms with van der Waals surface area (Å²) in [4.78, 5) is 44.2. The summed E-state index contributed by atoms with van der Waals surface area (Å²) in [6.45, 7) is -0.0554. The van der Waals surface area contributed by atoms with Crippen LogP contribution < -0.4 is 15.6 Å². The van der Waals surface area contributed by atoms with Crippen LogP contribution in [0.1, 0.15) is 29.6 Å². The number of benzene rings is 1. The van der Waals surface area contributed by atoms with E-state index in [0.29, 0.717) is 0 Å². The van der Waals surface area contributed by atoms with Crippen LogP contribution >= 0.6 is 23.2 Å². The van der Waals surface area contributed by atoms with E-state index >= 15 is 0 Å². The molecule has 38 heavy (non-hydrogen) atoms. The minimum atomic E-state index is -4.72. The van der Waals surface area contributed by atoms with Gasteiger partial charge in [0, 0.05) is 6.20 Å². The van der Waals surface area contributed by atoms with Gasteiger partial charge < -0.3 is 10.4 Å². The molecule has 3 aromatic rings. The lowest BCUT2D eigenvalue weighted by atomic mass is 10.1. The molecule has 0 radical (unpaired) electrons. The van der Waals surface area contributed by atoms with Gasteiger partial charge >= 0.3 is 6.18 Å². The lowest BCUT2D eigenvalue weighted by Crippen LogP contribution is -2.48. The molecule has 8 nitrogen and oxygen atoms in total. The second-order valence-electron chi connectivity index (χ2n) is 9.19. The Labute approximate surface area is 221 Å². The van der Waals surface area contributed by atoms with Gasteiger partial charge in [0.2, 0.25) is 11.3 Å². The number of β-amino-alcohol motifs (C(OH)–C–C–N with tert-alkyl or cyclic N) is 1. The number of rotatable bonds is 5. The third-order valence-electron chi connectivity index (χ3n) is 6.42. The maximum atomic E-state index is 13.9. The van der Waals surface area contributed by atoms with E-state index in [9.17, 15) is 37.1 Å². The number of carbonyl (C=O) groups excluding carboxylic acids is 2. The lowest BCUT2D eigenvalue weighted by Gasteiger charge is -2.22. The zero-order valence-electron chi connectivity index (χ0n) is 19.2. The minimum Gasteiger partial charge on any atom is -0.391 e. The maximum absolute atomic E-state index is 13.9. The Morgan fingerprint density at radius 1 is 1.16 bits per heavy atom. The van der Waals surface area contributed by atoms with Gasteiger partial charge in [-0.15, -0.1) is 0 Å². The van der Waals surface area contributed by atoms with Crippen LogP contribution in [0.15, 0.2) is 35.3 Å². The highest BCUT2D eigenvalue weighted by molar-refractivity contribution is 6.37. The van der Waals surface area contributed by atoms with Crippen molar-refractivity contribution in [3.05, 3.63) is 62.1 Å². The number of fused-ring (bicyclic) bond motifs is 1. The number of alkyl halides is 3. The molecule has 14 heteroatoms. The number of hydrogen-bond donors (Lipinski definition) is 2. The minimum absolute atomic E-state index is 0.0554. The van der Waals surface area contributed by atoms with Gasteiger partial charge in [-0.05, 0) is 43.0 Å². The second-order valence-corrected chi connectivity index (χ2v) is 10.0. The lowest BCUT2D eigenvalue weighted by molar-refractivity contribution is -0.158. The van der Waals surface area contributed by atoms with Gasteiger partial charge in [0.25, 0.3) is 5.91 Å². The summed E-state index contributed by atoms with van der Waals surface area (Å²) >= 11 is 12.5. The third kappa shape index (κ3) is 4.83. The normalized spacial score (nSPS) is 18.8. The molecule has 2 N–H and O–H groups in total. The number of aromatic nitrogens is 2. The molecule has 200 valence electrons. The van der Waals surface area contributed by atoms with Crippen molar-refractivity contribution in [3.63, 3.8) is 0 Å². The van der Waals surface area contributed by atoms with Crippen LogP contribution in [0, 0.1) is 11.7 Å². The topological polar surface area (TPSA) is 105 Å². The molecule has 1 aromatic carbocycles. The molecule has 2 fully saturated rings. The first-order valence-electron chi connectivity index (χ1n) is 11.4. The predicted molar refractivity (Wildman–Crippen MR) is 130 cm³/mol. The first-order valence-corrected chi connectivity index (χ1v) is 12.2. The molecule has 2 atom stereocenters. The highest BCUT2D eigenvalue weighted by atomic mass is 35.5. The van der Waals surface area contributed by atoms with Crippen molar-refractivity contribution in [1.82, 2.24) is 14.9 Å². The molecule has 1 unspecified atom stereocenters. The van der Waals surface area contributed by atoms with Crippen LogP contribution in [-0.2, 0) is 4.79 Å². The maximum Gasteiger partial charge on any atom is 0.408 e. The Morgan fingerprint density at radius 2 is 1.82 bits per heavy atom. The molecule has 2 aromatic heterocycles. The molecule has 1 aliphatic heterocycles. The quantitative estimate of drug-likeness (QED) is 0.450. The largest absolute Gasteiger partial charge is 0.408 e. The Bertz CT molecular complexity index is 1520. The van der Waals surface area contributed by atoms with Crippen molar-refractivity contribution in [2.75, 3.05) is 11.4 Å². The number of aliphatic hydroxyl groups is 1. The number of hydrogen-bond acceptors (Lipinski definition) is 5. The standard InChI is InChI=1S/C24H18Cl2F4N4O4/c25-15-5-11(27)6-16(26)19(15)34-9-14(23(38)32-21(10-1-2-10)24(28,29)30)20(37)13-3-4-17(31-22(13)34)33-8-12(35)7-18(33)36/h3-6,9-10,12,21,35H,1-2,7-8H2,(H,32,38)/t12-,21?/m0/s1. The summed E-state index contributed by atoms with van der Waals surface area (Å²) < 4.78 is 55.7. The Morgan fingerprint density at radius 3 is 2.37 bits per heavy atom. The smallest absolute Gasteiger partial charge is 0.391 e. The van der Waals surface area contributed by atoms with E-state index in [-0.39, 0.29) is 58.4 Å². The fourth-order valence-electron chi connectivity index (χ4n) is 4.47. The van der Waals surface area contributed by atoms with Crippen LogP contribution in [-0.4, -0.2) is 51.3 Å². The van der Waals surface area contributed by atoms with Crippen molar-refractivity contribution in [2.24, 2.45) is 5.92 Å². The second kappa shape index (κ2) is 9.51. The first-order chi connectivity index (χ1) is 17.8. The number of aliphatic hydroxyl groups excluding tert-OH is 1. The molecule has 2 amide bonds. The van der Waals surface area contributed by atoms with E-state index in [1.54, 1.807) is 0 Å². The van der Waals surface area contributed by atoms with E-state index in [1.807, 2.05) is 5.32 Å². The zero-order valence-corrected chi connectivity index (χ0v) is 20.7. The SMILES string of the molecule is O=C(NC(C1CC1)C(F)(F)F)c1cn(-c2c(Cl)cc(F)cc2Cl)c2nc(N3C[C@@H](O)CC3=O)ccc2c1=O. The molecule has 2 aliphatic rings. The van der Waals surface area contributed by atoms with E-state index in [1.165, 1.54) is 17.0 Å². The van der Waals surface area contributed by atoms with E-state index < -0.39 is 52.9 Å². The van der Waals surface area contributed by atoms with Crippen molar-refractivity contribution >= 4 is 51.9 Å². The average molecular weight is 573 g/mol. The molecule has 0 spiro atoms. The van der Waals surface area contributed by atoms with Gasteiger partial charge in [-0.1, -0.05) is 23.2 Å². The fraction of sp³-hybridized carbons (Fsp3) is 0.333. The monoisotopic (exact) mass is 572 g/mol. The van der Waals surface area contributed by atoms with Gasteiger partial charge in [-0.25, -0.2) is 9.37 Å². The summed E-state index contributed by atoms with van der Waals surface area (Å²) in [6, 6.07) is 2.26. The molecular formula is C24H18Cl2F4N4O4.